The molecule has 2 aromatic rings. The molecule has 21 heavy (non-hydrogen) atoms. The van der Waals surface area contributed by atoms with Gasteiger partial charge in [-0.3, -0.25) is 4.90 Å². The molecule has 1 aromatic heterocycles. The molecule has 1 aliphatic rings. The smallest absolute Gasteiger partial charge is 0.131 e. The van der Waals surface area contributed by atoms with Gasteiger partial charge in [-0.05, 0) is 36.6 Å². The molecular formula is C18H23N3. The SMILES string of the molecule is Cc1ccnc(N2CCN(Cc3ccccc3)CC2)c1C. The average molecular weight is 281 g/mol. The van der Waals surface area contributed by atoms with Crippen LogP contribution in [0.5, 0.6) is 0 Å². The number of hydrogen-bond acceptors (Lipinski definition) is 3. The topological polar surface area (TPSA) is 19.4 Å². The summed E-state index contributed by atoms with van der Waals surface area (Å²) in [5, 5.41) is 0. The van der Waals surface area contributed by atoms with E-state index < -0.39 is 0 Å². The zero-order chi connectivity index (χ0) is 14.7. The van der Waals surface area contributed by atoms with Crippen molar-refractivity contribution >= 4 is 5.82 Å². The van der Waals surface area contributed by atoms with Gasteiger partial charge in [0.2, 0.25) is 0 Å². The molecule has 110 valence electrons. The second-order valence-corrected chi connectivity index (χ2v) is 5.83. The van der Waals surface area contributed by atoms with Gasteiger partial charge in [-0.25, -0.2) is 4.98 Å². The Morgan fingerprint density at radius 3 is 2.38 bits per heavy atom. The number of rotatable bonds is 3. The third-order valence-electron chi connectivity index (χ3n) is 4.37. The Morgan fingerprint density at radius 1 is 0.952 bits per heavy atom. The highest BCUT2D eigenvalue weighted by Crippen LogP contribution is 2.21. The van der Waals surface area contributed by atoms with E-state index in [1.54, 1.807) is 0 Å². The van der Waals surface area contributed by atoms with Gasteiger partial charge >= 0.3 is 0 Å². The summed E-state index contributed by atoms with van der Waals surface area (Å²) in [6.07, 6.45) is 1.92. The van der Waals surface area contributed by atoms with E-state index in [9.17, 15) is 0 Å². The third-order valence-corrected chi connectivity index (χ3v) is 4.37. The van der Waals surface area contributed by atoms with E-state index in [0.29, 0.717) is 0 Å². The second-order valence-electron chi connectivity index (χ2n) is 5.83. The summed E-state index contributed by atoms with van der Waals surface area (Å²) in [7, 11) is 0. The van der Waals surface area contributed by atoms with Crippen molar-refractivity contribution in [3.8, 4) is 0 Å². The van der Waals surface area contributed by atoms with Crippen LogP contribution >= 0.6 is 0 Å². The Morgan fingerprint density at radius 2 is 1.67 bits per heavy atom. The Kier molecular flexibility index (Phi) is 4.20. The monoisotopic (exact) mass is 281 g/mol. The molecule has 0 aliphatic carbocycles. The third kappa shape index (κ3) is 3.24. The predicted molar refractivity (Wildman–Crippen MR) is 87.6 cm³/mol. The minimum atomic E-state index is 1.05. The average Bonchev–Trinajstić information content (AvgIpc) is 2.52. The van der Waals surface area contributed by atoms with Gasteiger partial charge in [0.05, 0.1) is 0 Å². The summed E-state index contributed by atoms with van der Waals surface area (Å²) in [5.41, 5.74) is 4.04. The summed E-state index contributed by atoms with van der Waals surface area (Å²) < 4.78 is 0. The molecule has 3 nitrogen and oxygen atoms in total. The van der Waals surface area contributed by atoms with Gasteiger partial charge in [-0.1, -0.05) is 30.3 Å². The lowest BCUT2D eigenvalue weighted by atomic mass is 10.1. The Bertz CT molecular complexity index is 587. The number of nitrogens with zero attached hydrogens (tertiary/aromatic N) is 3. The van der Waals surface area contributed by atoms with Crippen LogP contribution in [0, 0.1) is 13.8 Å². The van der Waals surface area contributed by atoms with E-state index in [4.69, 9.17) is 0 Å². The highest BCUT2D eigenvalue weighted by molar-refractivity contribution is 5.49. The minimum absolute atomic E-state index is 1.05. The molecular weight excluding hydrogens is 258 g/mol. The van der Waals surface area contributed by atoms with Gasteiger partial charge in [0.25, 0.3) is 0 Å². The van der Waals surface area contributed by atoms with Gasteiger partial charge in [-0.15, -0.1) is 0 Å². The molecule has 0 amide bonds. The molecule has 3 rings (SSSR count). The van der Waals surface area contributed by atoms with Crippen LogP contribution in [-0.4, -0.2) is 36.1 Å². The fraction of sp³-hybridized carbons (Fsp3) is 0.389. The first-order chi connectivity index (χ1) is 10.2. The molecule has 0 bridgehead atoms. The van der Waals surface area contributed by atoms with Crippen molar-refractivity contribution in [3.63, 3.8) is 0 Å². The lowest BCUT2D eigenvalue weighted by molar-refractivity contribution is 0.249. The highest BCUT2D eigenvalue weighted by Gasteiger charge is 2.19. The summed E-state index contributed by atoms with van der Waals surface area (Å²) in [4.78, 5) is 9.52. The predicted octanol–water partition coefficient (Wildman–Crippen LogP) is 3.02. The van der Waals surface area contributed by atoms with Gasteiger partial charge in [0, 0.05) is 38.9 Å². The number of piperazine rings is 1. The molecule has 1 fully saturated rings. The minimum Gasteiger partial charge on any atom is -0.354 e. The zero-order valence-electron chi connectivity index (χ0n) is 12.9. The van der Waals surface area contributed by atoms with Crippen LogP contribution in [0.2, 0.25) is 0 Å². The number of aromatic nitrogens is 1. The molecule has 0 radical (unpaired) electrons. The number of aryl methyl sites for hydroxylation is 1. The molecule has 0 N–H and O–H groups in total. The largest absolute Gasteiger partial charge is 0.354 e. The van der Waals surface area contributed by atoms with Crippen molar-refractivity contribution in [3.05, 3.63) is 59.3 Å². The number of pyridine rings is 1. The number of anilines is 1. The fourth-order valence-corrected chi connectivity index (χ4v) is 2.90. The molecule has 0 spiro atoms. The lowest BCUT2D eigenvalue weighted by Crippen LogP contribution is -2.46. The van der Waals surface area contributed by atoms with Crippen LogP contribution in [0.25, 0.3) is 0 Å². The molecule has 0 atom stereocenters. The maximum absolute atomic E-state index is 4.58. The number of hydrogen-bond donors (Lipinski definition) is 0. The quantitative estimate of drug-likeness (QED) is 0.862. The molecule has 2 heterocycles. The highest BCUT2D eigenvalue weighted by atomic mass is 15.3. The standard InChI is InChI=1S/C18H23N3/c1-15-8-9-19-18(16(15)2)21-12-10-20(11-13-21)14-17-6-4-3-5-7-17/h3-9H,10-14H2,1-2H3. The molecule has 1 aromatic carbocycles. The van der Waals surface area contributed by atoms with Gasteiger partial charge in [0.15, 0.2) is 0 Å². The van der Waals surface area contributed by atoms with Crippen molar-refractivity contribution in [2.24, 2.45) is 0 Å². The molecule has 1 saturated heterocycles. The Hall–Kier alpha value is -1.87. The second kappa shape index (κ2) is 6.27. The fourth-order valence-electron chi connectivity index (χ4n) is 2.90. The Balaban J connectivity index is 1.61. The maximum Gasteiger partial charge on any atom is 0.131 e. The van der Waals surface area contributed by atoms with Gasteiger partial charge < -0.3 is 4.90 Å². The van der Waals surface area contributed by atoms with Crippen LogP contribution in [0.4, 0.5) is 5.82 Å². The maximum atomic E-state index is 4.58. The van der Waals surface area contributed by atoms with E-state index in [1.165, 1.54) is 16.7 Å². The van der Waals surface area contributed by atoms with Crippen LogP contribution in [0.3, 0.4) is 0 Å². The molecule has 3 heteroatoms. The summed E-state index contributed by atoms with van der Waals surface area (Å²) in [6.45, 7) is 9.71. The van der Waals surface area contributed by atoms with Crippen LogP contribution in [-0.2, 0) is 6.54 Å². The van der Waals surface area contributed by atoms with Crippen LogP contribution < -0.4 is 4.90 Å². The van der Waals surface area contributed by atoms with Crippen LogP contribution in [0.15, 0.2) is 42.6 Å². The molecule has 0 unspecified atom stereocenters. The van der Waals surface area contributed by atoms with E-state index in [0.717, 1.165) is 38.5 Å². The first-order valence-electron chi connectivity index (χ1n) is 7.67. The summed E-state index contributed by atoms with van der Waals surface area (Å²) >= 11 is 0. The summed E-state index contributed by atoms with van der Waals surface area (Å²) in [6, 6.07) is 12.8. The first kappa shape index (κ1) is 14.1. The van der Waals surface area contributed by atoms with Crippen molar-refractivity contribution in [2.45, 2.75) is 20.4 Å². The summed E-state index contributed by atoms with van der Waals surface area (Å²) in [5.74, 6) is 1.16. The van der Waals surface area contributed by atoms with Crippen molar-refractivity contribution in [1.29, 1.82) is 0 Å². The normalized spacial score (nSPS) is 16.2. The van der Waals surface area contributed by atoms with E-state index in [-0.39, 0.29) is 0 Å². The Labute approximate surface area is 127 Å². The van der Waals surface area contributed by atoms with E-state index in [2.05, 4.69) is 65.0 Å². The van der Waals surface area contributed by atoms with Crippen LogP contribution in [0.1, 0.15) is 16.7 Å². The molecule has 0 saturated carbocycles. The van der Waals surface area contributed by atoms with Crippen molar-refractivity contribution in [1.82, 2.24) is 9.88 Å². The molecule has 1 aliphatic heterocycles. The lowest BCUT2D eigenvalue weighted by Gasteiger charge is -2.36. The first-order valence-corrected chi connectivity index (χ1v) is 7.67. The van der Waals surface area contributed by atoms with Crippen molar-refractivity contribution in [2.75, 3.05) is 31.1 Å². The number of benzene rings is 1. The van der Waals surface area contributed by atoms with E-state index >= 15 is 0 Å². The van der Waals surface area contributed by atoms with Crippen molar-refractivity contribution < 1.29 is 0 Å². The zero-order valence-corrected chi connectivity index (χ0v) is 12.9. The van der Waals surface area contributed by atoms with Gasteiger partial charge in [0.1, 0.15) is 5.82 Å². The van der Waals surface area contributed by atoms with Gasteiger partial charge in [-0.2, -0.15) is 0 Å². The van der Waals surface area contributed by atoms with E-state index in [1.807, 2.05) is 6.20 Å².